The zero-order valence-electron chi connectivity index (χ0n) is 9.33. The summed E-state index contributed by atoms with van der Waals surface area (Å²) in [4.78, 5) is 0. The largest absolute Gasteiger partial charge is 0.449 e. The van der Waals surface area contributed by atoms with Gasteiger partial charge in [0, 0.05) is 0 Å². The Morgan fingerprint density at radius 2 is 2.18 bits per heavy atom. The van der Waals surface area contributed by atoms with Crippen LogP contribution in [0.4, 0.5) is 10.1 Å². The summed E-state index contributed by atoms with van der Waals surface area (Å²) in [5.74, 6) is 0.563. The van der Waals surface area contributed by atoms with E-state index in [0.29, 0.717) is 18.0 Å². The van der Waals surface area contributed by atoms with Gasteiger partial charge in [0.25, 0.3) is 0 Å². The molecule has 0 amide bonds. The fraction of sp³-hybridized carbons (Fsp3) is 0.154. The molecule has 1 aromatic heterocycles. The van der Waals surface area contributed by atoms with Gasteiger partial charge in [-0.15, -0.1) is 0 Å². The number of benzene rings is 1. The third kappa shape index (κ3) is 2.45. The number of aryl methyl sites for hydroxylation is 1. The van der Waals surface area contributed by atoms with Crippen molar-refractivity contribution in [1.82, 2.24) is 0 Å². The van der Waals surface area contributed by atoms with Gasteiger partial charge in [-0.1, -0.05) is 12.1 Å². The maximum absolute atomic E-state index is 13.5. The summed E-state index contributed by atoms with van der Waals surface area (Å²) in [7, 11) is 0. The molecule has 0 aliphatic rings. The van der Waals surface area contributed by atoms with Gasteiger partial charge in [-0.25, -0.2) is 4.39 Å². The lowest BCUT2D eigenvalue weighted by molar-refractivity contribution is 0.505. The van der Waals surface area contributed by atoms with Gasteiger partial charge in [0.1, 0.15) is 17.6 Å². The Balaban J connectivity index is 2.10. The van der Waals surface area contributed by atoms with Crippen LogP contribution in [0.25, 0.3) is 0 Å². The van der Waals surface area contributed by atoms with Crippen LogP contribution in [0.15, 0.2) is 34.7 Å². The number of halogens is 1. The van der Waals surface area contributed by atoms with E-state index in [1.807, 2.05) is 19.1 Å². The predicted molar refractivity (Wildman–Crippen MR) is 61.9 cm³/mol. The average molecular weight is 230 g/mol. The lowest BCUT2D eigenvalue weighted by Crippen LogP contribution is -2.02. The topological polar surface area (TPSA) is 49.0 Å². The fourth-order valence-corrected chi connectivity index (χ4v) is 1.56. The van der Waals surface area contributed by atoms with Crippen molar-refractivity contribution >= 4 is 5.69 Å². The molecule has 0 aliphatic carbocycles. The minimum atomic E-state index is -0.294. The van der Waals surface area contributed by atoms with E-state index in [9.17, 15) is 4.39 Å². The molecule has 0 saturated heterocycles. The van der Waals surface area contributed by atoms with Crippen molar-refractivity contribution in [1.29, 1.82) is 5.26 Å². The first-order valence-electron chi connectivity index (χ1n) is 5.18. The summed E-state index contributed by atoms with van der Waals surface area (Å²) in [5.41, 5.74) is 1.29. The number of hydrogen-bond donors (Lipinski definition) is 1. The van der Waals surface area contributed by atoms with Crippen LogP contribution in [0.5, 0.6) is 0 Å². The molecule has 86 valence electrons. The average Bonchev–Trinajstić information content (AvgIpc) is 2.76. The normalized spacial score (nSPS) is 9.94. The van der Waals surface area contributed by atoms with Crippen LogP contribution in [-0.2, 0) is 6.54 Å². The summed E-state index contributed by atoms with van der Waals surface area (Å²) >= 11 is 0. The third-order valence-corrected chi connectivity index (χ3v) is 2.43. The molecule has 0 fully saturated rings. The van der Waals surface area contributed by atoms with Crippen LogP contribution < -0.4 is 5.32 Å². The Labute approximate surface area is 98.5 Å². The van der Waals surface area contributed by atoms with E-state index in [2.05, 4.69) is 5.32 Å². The number of anilines is 1. The molecule has 1 N–H and O–H groups in total. The maximum Gasteiger partial charge on any atom is 0.203 e. The number of nitrogens with zero attached hydrogens (tertiary/aromatic N) is 1. The van der Waals surface area contributed by atoms with Gasteiger partial charge >= 0.3 is 0 Å². The highest BCUT2D eigenvalue weighted by molar-refractivity contribution is 5.51. The molecule has 2 rings (SSSR count). The molecule has 0 bridgehead atoms. The summed E-state index contributed by atoms with van der Waals surface area (Å²) < 4.78 is 18.7. The molecule has 0 spiro atoms. The van der Waals surface area contributed by atoms with Gasteiger partial charge in [0.15, 0.2) is 0 Å². The highest BCUT2D eigenvalue weighted by atomic mass is 19.1. The van der Waals surface area contributed by atoms with Crippen molar-refractivity contribution in [3.8, 4) is 6.07 Å². The fourth-order valence-electron chi connectivity index (χ4n) is 1.56. The molecule has 0 atom stereocenters. The first kappa shape index (κ1) is 11.2. The summed E-state index contributed by atoms with van der Waals surface area (Å²) in [5, 5.41) is 11.6. The van der Waals surface area contributed by atoms with E-state index in [1.165, 1.54) is 6.07 Å². The number of rotatable bonds is 3. The van der Waals surface area contributed by atoms with Crippen molar-refractivity contribution in [2.75, 3.05) is 5.32 Å². The lowest BCUT2D eigenvalue weighted by atomic mass is 10.2. The number of hydrogen-bond acceptors (Lipinski definition) is 3. The quantitative estimate of drug-likeness (QED) is 0.880. The molecule has 0 unspecified atom stereocenters. The van der Waals surface area contributed by atoms with Crippen LogP contribution in [0.1, 0.15) is 17.1 Å². The van der Waals surface area contributed by atoms with Crippen molar-refractivity contribution in [2.24, 2.45) is 0 Å². The number of para-hydroxylation sites is 1. The van der Waals surface area contributed by atoms with E-state index >= 15 is 0 Å². The molecular formula is C13H11FN2O. The maximum atomic E-state index is 13.5. The monoisotopic (exact) mass is 230 g/mol. The molecule has 0 radical (unpaired) electrons. The minimum absolute atomic E-state index is 0.257. The van der Waals surface area contributed by atoms with Crippen LogP contribution in [-0.4, -0.2) is 0 Å². The van der Waals surface area contributed by atoms with Gasteiger partial charge < -0.3 is 9.73 Å². The minimum Gasteiger partial charge on any atom is -0.449 e. The Hall–Kier alpha value is -2.28. The third-order valence-electron chi connectivity index (χ3n) is 2.43. The Kier molecular flexibility index (Phi) is 3.10. The molecular weight excluding hydrogens is 219 g/mol. The predicted octanol–water partition coefficient (Wildman–Crippen LogP) is 3.21. The molecule has 4 heteroatoms. The van der Waals surface area contributed by atoms with Gasteiger partial charge in [-0.05, 0) is 30.7 Å². The van der Waals surface area contributed by atoms with E-state index in [-0.39, 0.29) is 11.6 Å². The standard InChI is InChI=1S/C13H11FN2O/c1-9-3-2-4-12(14)13(9)16-8-11-6-5-10(7-15)17-11/h2-6,16H,8H2,1H3. The van der Waals surface area contributed by atoms with Gasteiger partial charge in [-0.2, -0.15) is 5.26 Å². The van der Waals surface area contributed by atoms with Crippen molar-refractivity contribution in [3.05, 3.63) is 53.2 Å². The second kappa shape index (κ2) is 4.71. The smallest absolute Gasteiger partial charge is 0.203 e. The highest BCUT2D eigenvalue weighted by Gasteiger charge is 2.06. The number of nitrogens with one attached hydrogen (secondary N) is 1. The molecule has 2 aromatic rings. The zero-order chi connectivity index (χ0) is 12.3. The molecule has 17 heavy (non-hydrogen) atoms. The second-order valence-corrected chi connectivity index (χ2v) is 3.66. The van der Waals surface area contributed by atoms with Crippen LogP contribution in [0.3, 0.4) is 0 Å². The number of nitriles is 1. The zero-order valence-corrected chi connectivity index (χ0v) is 9.33. The van der Waals surface area contributed by atoms with Gasteiger partial charge in [0.05, 0.1) is 12.2 Å². The van der Waals surface area contributed by atoms with Crippen LogP contribution in [0, 0.1) is 24.1 Å². The van der Waals surface area contributed by atoms with Gasteiger partial charge in [0.2, 0.25) is 5.76 Å². The Bertz CT molecular complexity index is 549. The first-order chi connectivity index (χ1) is 8.20. The van der Waals surface area contributed by atoms with E-state index in [4.69, 9.17) is 9.68 Å². The van der Waals surface area contributed by atoms with Crippen molar-refractivity contribution in [3.63, 3.8) is 0 Å². The van der Waals surface area contributed by atoms with Gasteiger partial charge in [-0.3, -0.25) is 0 Å². The molecule has 3 nitrogen and oxygen atoms in total. The van der Waals surface area contributed by atoms with Crippen molar-refractivity contribution in [2.45, 2.75) is 13.5 Å². The van der Waals surface area contributed by atoms with E-state index in [0.717, 1.165) is 5.56 Å². The highest BCUT2D eigenvalue weighted by Crippen LogP contribution is 2.19. The Morgan fingerprint density at radius 3 is 2.82 bits per heavy atom. The second-order valence-electron chi connectivity index (χ2n) is 3.66. The molecule has 0 aliphatic heterocycles. The van der Waals surface area contributed by atoms with Crippen LogP contribution >= 0.6 is 0 Å². The Morgan fingerprint density at radius 1 is 1.35 bits per heavy atom. The van der Waals surface area contributed by atoms with Crippen molar-refractivity contribution < 1.29 is 8.81 Å². The SMILES string of the molecule is Cc1cccc(F)c1NCc1ccc(C#N)o1. The first-order valence-corrected chi connectivity index (χ1v) is 5.18. The molecule has 1 heterocycles. The molecule has 1 aromatic carbocycles. The summed E-state index contributed by atoms with van der Waals surface area (Å²) in [6.07, 6.45) is 0. The summed E-state index contributed by atoms with van der Waals surface area (Å²) in [6, 6.07) is 10.1. The number of furan rings is 1. The van der Waals surface area contributed by atoms with E-state index < -0.39 is 0 Å². The van der Waals surface area contributed by atoms with E-state index in [1.54, 1.807) is 18.2 Å². The molecule has 0 saturated carbocycles. The summed E-state index contributed by atoms with van der Waals surface area (Å²) in [6.45, 7) is 2.18. The lowest BCUT2D eigenvalue weighted by Gasteiger charge is -2.08. The van der Waals surface area contributed by atoms with Crippen LogP contribution in [0.2, 0.25) is 0 Å².